The maximum Gasteiger partial charge on any atom is 0.224 e. The molecule has 2 rings (SSSR count). The summed E-state index contributed by atoms with van der Waals surface area (Å²) in [5, 5.41) is 13.2. The van der Waals surface area contributed by atoms with E-state index >= 15 is 0 Å². The molecule has 1 aliphatic rings. The zero-order valence-electron chi connectivity index (χ0n) is 12.8. The Bertz CT molecular complexity index is 437. The average molecular weight is 290 g/mol. The number of amides is 1. The lowest BCUT2D eigenvalue weighted by Crippen LogP contribution is -2.29. The molecule has 1 heterocycles. The Morgan fingerprint density at radius 1 is 1.19 bits per heavy atom. The van der Waals surface area contributed by atoms with Gasteiger partial charge in [-0.3, -0.25) is 4.79 Å². The number of benzene rings is 1. The van der Waals surface area contributed by atoms with Crippen molar-refractivity contribution in [2.75, 3.05) is 25.0 Å². The maximum atomic E-state index is 11.3. The predicted molar refractivity (Wildman–Crippen MR) is 85.2 cm³/mol. The topological polar surface area (TPSA) is 52.6 Å². The van der Waals surface area contributed by atoms with Crippen molar-refractivity contribution in [3.63, 3.8) is 0 Å². The van der Waals surface area contributed by atoms with Crippen LogP contribution in [0.5, 0.6) is 0 Å². The molecule has 1 aliphatic heterocycles. The van der Waals surface area contributed by atoms with Crippen LogP contribution in [0.1, 0.15) is 50.7 Å². The minimum Gasteiger partial charge on any atom is -0.387 e. The van der Waals surface area contributed by atoms with Gasteiger partial charge in [0.1, 0.15) is 0 Å². The highest BCUT2D eigenvalue weighted by molar-refractivity contribution is 5.90. The third kappa shape index (κ3) is 5.14. The number of hydrogen-bond acceptors (Lipinski definition) is 3. The van der Waals surface area contributed by atoms with Gasteiger partial charge < -0.3 is 15.3 Å². The molecule has 1 aromatic rings. The van der Waals surface area contributed by atoms with Crippen LogP contribution in [0.2, 0.25) is 0 Å². The summed E-state index contributed by atoms with van der Waals surface area (Å²) in [5.74, 6) is 0.00728. The van der Waals surface area contributed by atoms with Crippen LogP contribution in [0.15, 0.2) is 24.3 Å². The number of nitrogens with one attached hydrogen (secondary N) is 1. The van der Waals surface area contributed by atoms with Gasteiger partial charge in [-0.1, -0.05) is 31.9 Å². The summed E-state index contributed by atoms with van der Waals surface area (Å²) < 4.78 is 0. The zero-order valence-corrected chi connectivity index (χ0v) is 12.8. The number of carbonyl (C=O) groups excluding carboxylic acids is 1. The van der Waals surface area contributed by atoms with Crippen LogP contribution in [-0.2, 0) is 4.79 Å². The highest BCUT2D eigenvalue weighted by Crippen LogP contribution is 2.19. The minimum atomic E-state index is -0.459. The lowest BCUT2D eigenvalue weighted by Gasteiger charge is -2.23. The van der Waals surface area contributed by atoms with E-state index in [1.165, 1.54) is 25.7 Å². The molecule has 4 nitrogen and oxygen atoms in total. The summed E-state index contributed by atoms with van der Waals surface area (Å²) in [6, 6.07) is 7.50. The van der Waals surface area contributed by atoms with Crippen molar-refractivity contribution in [2.45, 2.75) is 45.1 Å². The first-order valence-corrected chi connectivity index (χ1v) is 7.99. The Labute approximate surface area is 127 Å². The molecule has 1 aromatic carbocycles. The summed E-state index contributed by atoms with van der Waals surface area (Å²) in [5.41, 5.74) is 1.70. The number of aliphatic hydroxyl groups excluding tert-OH is 1. The van der Waals surface area contributed by atoms with Gasteiger partial charge in [-0.25, -0.2) is 0 Å². The van der Waals surface area contributed by atoms with E-state index in [1.54, 1.807) is 0 Å². The Kier molecular flexibility index (Phi) is 6.21. The van der Waals surface area contributed by atoms with E-state index in [0.717, 1.165) is 24.3 Å². The van der Waals surface area contributed by atoms with E-state index in [1.807, 2.05) is 31.2 Å². The number of β-amino-alcohol motifs (C(OH)–C–C–N with tert-alkyl or cyclic N) is 1. The summed E-state index contributed by atoms with van der Waals surface area (Å²) in [4.78, 5) is 13.7. The summed E-state index contributed by atoms with van der Waals surface area (Å²) >= 11 is 0. The first-order chi connectivity index (χ1) is 10.2. The average Bonchev–Trinajstić information content (AvgIpc) is 2.76. The van der Waals surface area contributed by atoms with Gasteiger partial charge in [0.2, 0.25) is 5.91 Å². The summed E-state index contributed by atoms with van der Waals surface area (Å²) in [6.45, 7) is 4.69. The van der Waals surface area contributed by atoms with Crippen LogP contribution in [0, 0.1) is 0 Å². The summed E-state index contributed by atoms with van der Waals surface area (Å²) in [7, 11) is 0. The molecule has 0 aliphatic carbocycles. The second kappa shape index (κ2) is 8.15. The Hall–Kier alpha value is -1.39. The number of carbonyl (C=O) groups is 1. The van der Waals surface area contributed by atoms with E-state index in [-0.39, 0.29) is 5.91 Å². The van der Waals surface area contributed by atoms with Crippen molar-refractivity contribution >= 4 is 11.6 Å². The molecule has 0 aromatic heterocycles. The number of rotatable bonds is 5. The number of nitrogens with zero attached hydrogens (tertiary/aromatic N) is 1. The first-order valence-electron chi connectivity index (χ1n) is 7.99. The predicted octanol–water partition coefficient (Wildman–Crippen LogP) is 2.94. The number of likely N-dealkylation sites (tertiary alicyclic amines) is 1. The molecule has 1 amide bonds. The molecule has 1 saturated heterocycles. The van der Waals surface area contributed by atoms with Crippen LogP contribution in [0.3, 0.4) is 0 Å². The minimum absolute atomic E-state index is 0.00728. The Morgan fingerprint density at radius 3 is 2.38 bits per heavy atom. The fraction of sp³-hybridized carbons (Fsp3) is 0.588. The first kappa shape index (κ1) is 16.0. The highest BCUT2D eigenvalue weighted by atomic mass is 16.3. The second-order valence-electron chi connectivity index (χ2n) is 5.75. The van der Waals surface area contributed by atoms with Crippen LogP contribution >= 0.6 is 0 Å². The largest absolute Gasteiger partial charge is 0.387 e. The van der Waals surface area contributed by atoms with Crippen molar-refractivity contribution in [2.24, 2.45) is 0 Å². The molecule has 21 heavy (non-hydrogen) atoms. The highest BCUT2D eigenvalue weighted by Gasteiger charge is 2.15. The van der Waals surface area contributed by atoms with E-state index in [0.29, 0.717) is 13.0 Å². The van der Waals surface area contributed by atoms with E-state index < -0.39 is 6.10 Å². The second-order valence-corrected chi connectivity index (χ2v) is 5.75. The SMILES string of the molecule is CCC(=O)Nc1ccc(C(O)CN2CCCCCC2)cc1. The number of aliphatic hydroxyl groups is 1. The van der Waals surface area contributed by atoms with E-state index in [9.17, 15) is 9.90 Å². The number of anilines is 1. The molecule has 0 bridgehead atoms. The molecule has 2 N–H and O–H groups in total. The van der Waals surface area contributed by atoms with Crippen molar-refractivity contribution in [1.82, 2.24) is 4.90 Å². The normalized spacial score (nSPS) is 18.0. The fourth-order valence-corrected chi connectivity index (χ4v) is 2.71. The van der Waals surface area contributed by atoms with E-state index in [2.05, 4.69) is 10.2 Å². The van der Waals surface area contributed by atoms with Gasteiger partial charge in [0.25, 0.3) is 0 Å². The van der Waals surface area contributed by atoms with Crippen LogP contribution < -0.4 is 5.32 Å². The van der Waals surface area contributed by atoms with Crippen molar-refractivity contribution in [3.8, 4) is 0 Å². The molecule has 0 radical (unpaired) electrons. The zero-order chi connectivity index (χ0) is 15.1. The van der Waals surface area contributed by atoms with Crippen molar-refractivity contribution in [1.29, 1.82) is 0 Å². The fourth-order valence-electron chi connectivity index (χ4n) is 2.71. The third-order valence-corrected chi connectivity index (χ3v) is 4.03. The summed E-state index contributed by atoms with van der Waals surface area (Å²) in [6.07, 6.45) is 5.08. The van der Waals surface area contributed by atoms with Gasteiger partial charge in [0.05, 0.1) is 6.10 Å². The van der Waals surface area contributed by atoms with Gasteiger partial charge in [0.15, 0.2) is 0 Å². The lowest BCUT2D eigenvalue weighted by molar-refractivity contribution is -0.115. The van der Waals surface area contributed by atoms with Gasteiger partial charge >= 0.3 is 0 Å². The molecule has 1 unspecified atom stereocenters. The van der Waals surface area contributed by atoms with Gasteiger partial charge in [-0.2, -0.15) is 0 Å². The maximum absolute atomic E-state index is 11.3. The Morgan fingerprint density at radius 2 is 1.81 bits per heavy atom. The molecular weight excluding hydrogens is 264 g/mol. The Balaban J connectivity index is 1.89. The van der Waals surface area contributed by atoms with Crippen molar-refractivity contribution in [3.05, 3.63) is 29.8 Å². The monoisotopic (exact) mass is 290 g/mol. The molecule has 0 spiro atoms. The lowest BCUT2D eigenvalue weighted by atomic mass is 10.1. The van der Waals surface area contributed by atoms with Gasteiger partial charge in [-0.15, -0.1) is 0 Å². The molecule has 116 valence electrons. The molecule has 1 atom stereocenters. The quantitative estimate of drug-likeness (QED) is 0.876. The molecular formula is C17H26N2O2. The van der Waals surface area contributed by atoms with Crippen LogP contribution in [-0.4, -0.2) is 35.5 Å². The van der Waals surface area contributed by atoms with Crippen LogP contribution in [0.4, 0.5) is 5.69 Å². The molecule has 1 fully saturated rings. The van der Waals surface area contributed by atoms with Crippen molar-refractivity contribution < 1.29 is 9.90 Å². The molecule has 0 saturated carbocycles. The van der Waals surface area contributed by atoms with Crippen LogP contribution in [0.25, 0.3) is 0 Å². The number of hydrogen-bond donors (Lipinski definition) is 2. The standard InChI is InChI=1S/C17H26N2O2/c1-2-17(21)18-15-9-7-14(8-10-15)16(20)13-19-11-5-3-4-6-12-19/h7-10,16,20H,2-6,11-13H2,1H3,(H,18,21). The smallest absolute Gasteiger partial charge is 0.224 e. The molecule has 4 heteroatoms. The van der Waals surface area contributed by atoms with E-state index in [4.69, 9.17) is 0 Å². The third-order valence-electron chi connectivity index (χ3n) is 4.03. The van der Waals surface area contributed by atoms with Gasteiger partial charge in [-0.05, 0) is 43.6 Å². The van der Waals surface area contributed by atoms with Gasteiger partial charge in [0, 0.05) is 18.7 Å².